The Labute approximate surface area is 94.9 Å². The van der Waals surface area contributed by atoms with Gasteiger partial charge in [-0.05, 0) is 18.2 Å². The van der Waals surface area contributed by atoms with Gasteiger partial charge < -0.3 is 4.74 Å². The van der Waals surface area contributed by atoms with Crippen molar-refractivity contribution in [2.24, 2.45) is 0 Å². The Morgan fingerprint density at radius 2 is 2.00 bits per heavy atom. The highest BCUT2D eigenvalue weighted by molar-refractivity contribution is 5.69. The van der Waals surface area contributed by atoms with Crippen molar-refractivity contribution in [2.45, 2.75) is 0 Å². The van der Waals surface area contributed by atoms with Crippen molar-refractivity contribution in [3.05, 3.63) is 48.3 Å². The van der Waals surface area contributed by atoms with Crippen LogP contribution in [0.4, 0.5) is 0 Å². The van der Waals surface area contributed by atoms with E-state index in [9.17, 15) is 0 Å². The summed E-state index contributed by atoms with van der Waals surface area (Å²) in [4.78, 5) is 4.16. The number of nitrogens with zero attached hydrogens (tertiary/aromatic N) is 1. The molecule has 0 atom stereocenters. The van der Waals surface area contributed by atoms with Crippen LogP contribution >= 0.6 is 0 Å². The van der Waals surface area contributed by atoms with Crippen molar-refractivity contribution in [1.82, 2.24) is 4.98 Å². The monoisotopic (exact) mass is 209 g/mol. The third-order valence-electron chi connectivity index (χ3n) is 2.33. The number of terminal acetylenes is 1. The van der Waals surface area contributed by atoms with Gasteiger partial charge in [-0.15, -0.1) is 6.42 Å². The molecule has 0 aliphatic heterocycles. The zero-order valence-corrected chi connectivity index (χ0v) is 8.97. The Morgan fingerprint density at radius 1 is 1.19 bits per heavy atom. The first-order chi connectivity index (χ1) is 7.85. The van der Waals surface area contributed by atoms with Crippen LogP contribution in [-0.2, 0) is 0 Å². The molecule has 0 unspecified atom stereocenters. The summed E-state index contributed by atoms with van der Waals surface area (Å²) in [6.07, 6.45) is 7.01. The second-order valence-electron chi connectivity index (χ2n) is 3.28. The lowest BCUT2D eigenvalue weighted by Gasteiger charge is -2.07. The summed E-state index contributed by atoms with van der Waals surface area (Å²) >= 11 is 0. The van der Waals surface area contributed by atoms with E-state index in [-0.39, 0.29) is 0 Å². The molecule has 0 fully saturated rings. The van der Waals surface area contributed by atoms with E-state index in [0.717, 1.165) is 16.9 Å². The van der Waals surface area contributed by atoms with Gasteiger partial charge in [0.25, 0.3) is 0 Å². The molecular formula is C14H11NO. The predicted molar refractivity (Wildman–Crippen MR) is 64.2 cm³/mol. The minimum Gasteiger partial charge on any atom is -0.496 e. The zero-order chi connectivity index (χ0) is 11.4. The highest BCUT2D eigenvalue weighted by Gasteiger charge is 2.04. The maximum Gasteiger partial charge on any atom is 0.126 e. The van der Waals surface area contributed by atoms with Crippen molar-refractivity contribution < 1.29 is 4.74 Å². The quantitative estimate of drug-likeness (QED) is 0.709. The molecule has 1 aromatic carbocycles. The normalized spacial score (nSPS) is 9.50. The summed E-state index contributed by atoms with van der Waals surface area (Å²) < 4.78 is 5.29. The van der Waals surface area contributed by atoms with Gasteiger partial charge in [0.15, 0.2) is 0 Å². The lowest BCUT2D eigenvalue weighted by Crippen LogP contribution is -1.88. The highest BCUT2D eigenvalue weighted by atomic mass is 16.5. The molecule has 1 aromatic heterocycles. The van der Waals surface area contributed by atoms with E-state index in [1.54, 1.807) is 13.3 Å². The fraction of sp³-hybridized carbons (Fsp3) is 0.0714. The van der Waals surface area contributed by atoms with Crippen molar-refractivity contribution in [3.63, 3.8) is 0 Å². The zero-order valence-electron chi connectivity index (χ0n) is 8.97. The van der Waals surface area contributed by atoms with E-state index < -0.39 is 0 Å². The number of hydrogen-bond acceptors (Lipinski definition) is 2. The largest absolute Gasteiger partial charge is 0.496 e. The van der Waals surface area contributed by atoms with E-state index in [0.29, 0.717) is 5.69 Å². The van der Waals surface area contributed by atoms with E-state index in [4.69, 9.17) is 11.2 Å². The van der Waals surface area contributed by atoms with Crippen molar-refractivity contribution in [1.29, 1.82) is 0 Å². The van der Waals surface area contributed by atoms with Crippen LogP contribution in [0, 0.1) is 12.3 Å². The fourth-order valence-electron chi connectivity index (χ4n) is 1.52. The predicted octanol–water partition coefficient (Wildman–Crippen LogP) is 2.74. The second kappa shape index (κ2) is 4.50. The SMILES string of the molecule is C#Cc1ccc(-c2ccccc2OC)cn1. The molecule has 0 bridgehead atoms. The summed E-state index contributed by atoms with van der Waals surface area (Å²) in [6, 6.07) is 11.6. The van der Waals surface area contributed by atoms with Crippen LogP contribution in [0.15, 0.2) is 42.6 Å². The average molecular weight is 209 g/mol. The standard InChI is InChI=1S/C14H11NO/c1-3-12-9-8-11(10-15-12)13-6-4-5-7-14(13)16-2/h1,4-10H,2H3. The van der Waals surface area contributed by atoms with Crippen LogP contribution in [0.25, 0.3) is 11.1 Å². The number of aromatic nitrogens is 1. The molecule has 2 nitrogen and oxygen atoms in total. The van der Waals surface area contributed by atoms with Crippen molar-refractivity contribution in [2.75, 3.05) is 7.11 Å². The molecule has 2 rings (SSSR count). The van der Waals surface area contributed by atoms with E-state index in [2.05, 4.69) is 10.9 Å². The molecule has 78 valence electrons. The number of rotatable bonds is 2. The Balaban J connectivity index is 2.47. The Morgan fingerprint density at radius 3 is 2.62 bits per heavy atom. The van der Waals surface area contributed by atoms with Gasteiger partial charge in [0.2, 0.25) is 0 Å². The van der Waals surface area contributed by atoms with Gasteiger partial charge in [-0.1, -0.05) is 24.1 Å². The Kier molecular flexibility index (Phi) is 2.88. The van der Waals surface area contributed by atoms with E-state index in [1.165, 1.54) is 0 Å². The molecule has 2 aromatic rings. The molecule has 1 heterocycles. The third kappa shape index (κ3) is 1.89. The summed E-state index contributed by atoms with van der Waals surface area (Å²) in [6.45, 7) is 0. The molecule has 0 amide bonds. The number of methoxy groups -OCH3 is 1. The topological polar surface area (TPSA) is 22.1 Å². The van der Waals surface area contributed by atoms with Gasteiger partial charge >= 0.3 is 0 Å². The van der Waals surface area contributed by atoms with Crippen LogP contribution in [-0.4, -0.2) is 12.1 Å². The van der Waals surface area contributed by atoms with Gasteiger partial charge in [-0.25, -0.2) is 4.98 Å². The lowest BCUT2D eigenvalue weighted by atomic mass is 10.1. The summed E-state index contributed by atoms with van der Waals surface area (Å²) in [5.74, 6) is 3.32. The fourth-order valence-corrected chi connectivity index (χ4v) is 1.52. The number of benzene rings is 1. The number of ether oxygens (including phenoxy) is 1. The maximum atomic E-state index is 5.29. The third-order valence-corrected chi connectivity index (χ3v) is 2.33. The van der Waals surface area contributed by atoms with Gasteiger partial charge in [-0.2, -0.15) is 0 Å². The van der Waals surface area contributed by atoms with Gasteiger partial charge in [-0.3, -0.25) is 0 Å². The van der Waals surface area contributed by atoms with Gasteiger partial charge in [0, 0.05) is 17.3 Å². The molecule has 0 spiro atoms. The first-order valence-electron chi connectivity index (χ1n) is 4.91. The molecule has 0 N–H and O–H groups in total. The number of pyridine rings is 1. The molecule has 0 aliphatic rings. The Bertz CT molecular complexity index is 523. The Hall–Kier alpha value is -2.27. The second-order valence-corrected chi connectivity index (χ2v) is 3.28. The maximum absolute atomic E-state index is 5.29. The minimum atomic E-state index is 0.638. The smallest absolute Gasteiger partial charge is 0.126 e. The molecule has 0 radical (unpaired) electrons. The van der Waals surface area contributed by atoms with Crippen LogP contribution in [0.2, 0.25) is 0 Å². The summed E-state index contributed by atoms with van der Waals surface area (Å²) in [5.41, 5.74) is 2.65. The van der Waals surface area contributed by atoms with Crippen LogP contribution < -0.4 is 4.74 Å². The molecule has 0 saturated carbocycles. The van der Waals surface area contributed by atoms with E-state index >= 15 is 0 Å². The molecular weight excluding hydrogens is 198 g/mol. The summed E-state index contributed by atoms with van der Waals surface area (Å²) in [7, 11) is 1.65. The van der Waals surface area contributed by atoms with Crippen LogP contribution in [0.3, 0.4) is 0 Å². The molecule has 0 saturated heterocycles. The first kappa shape index (κ1) is 10.3. The first-order valence-corrected chi connectivity index (χ1v) is 4.91. The lowest BCUT2D eigenvalue weighted by molar-refractivity contribution is 0.416. The van der Waals surface area contributed by atoms with Crippen molar-refractivity contribution in [3.8, 4) is 29.2 Å². The van der Waals surface area contributed by atoms with Gasteiger partial charge in [0.05, 0.1) is 7.11 Å². The highest BCUT2D eigenvalue weighted by Crippen LogP contribution is 2.28. The summed E-state index contributed by atoms with van der Waals surface area (Å²) in [5, 5.41) is 0. The number of hydrogen-bond donors (Lipinski definition) is 0. The van der Waals surface area contributed by atoms with Crippen molar-refractivity contribution >= 4 is 0 Å². The van der Waals surface area contributed by atoms with Crippen LogP contribution in [0.5, 0.6) is 5.75 Å². The minimum absolute atomic E-state index is 0.638. The van der Waals surface area contributed by atoms with E-state index in [1.807, 2.05) is 36.4 Å². The average Bonchev–Trinajstić information content (AvgIpc) is 2.39. The van der Waals surface area contributed by atoms with Gasteiger partial charge in [0.1, 0.15) is 11.4 Å². The number of para-hydroxylation sites is 1. The van der Waals surface area contributed by atoms with Crippen LogP contribution in [0.1, 0.15) is 5.69 Å². The molecule has 0 aliphatic carbocycles. The molecule has 16 heavy (non-hydrogen) atoms. The molecule has 2 heteroatoms.